The molecule has 0 N–H and O–H groups in total. The van der Waals surface area contributed by atoms with Gasteiger partial charge in [-0.25, -0.2) is 0 Å². The van der Waals surface area contributed by atoms with Gasteiger partial charge in [-0.05, 0) is 49.4 Å². The number of unbranched alkanes of at least 4 members (excludes halogenated alkanes) is 3. The molecule has 0 bridgehead atoms. The lowest BCUT2D eigenvalue weighted by Gasteiger charge is -2.04. The summed E-state index contributed by atoms with van der Waals surface area (Å²) < 4.78 is 2.69. The van der Waals surface area contributed by atoms with Crippen molar-refractivity contribution in [2.24, 2.45) is 0 Å². The zero-order chi connectivity index (χ0) is 27.0. The van der Waals surface area contributed by atoms with E-state index < -0.39 is 0 Å². The molecule has 0 saturated carbocycles. The maximum absolute atomic E-state index is 3.58. The molecule has 0 aliphatic carbocycles. The van der Waals surface area contributed by atoms with Crippen LogP contribution in [0.2, 0.25) is 0 Å². The minimum absolute atomic E-state index is 1.09. The third kappa shape index (κ3) is 7.15. The lowest BCUT2D eigenvalue weighted by Crippen LogP contribution is -1.85. The Morgan fingerprint density at radius 1 is 0.692 bits per heavy atom. The summed E-state index contributed by atoms with van der Waals surface area (Å²) in [5, 5.41) is 0. The van der Waals surface area contributed by atoms with Crippen molar-refractivity contribution < 1.29 is 0 Å². The molecule has 0 atom stereocenters. The van der Waals surface area contributed by atoms with Crippen molar-refractivity contribution in [1.29, 1.82) is 0 Å². The molecule has 2 aliphatic rings. The SMILES string of the molecule is CC#Cc1sc(C#CC2=C(c3ccccc3)S/C(=C3\SC(C)=C(c4ccccc4)S3)S2)cc1CCCCCC. The molecule has 196 valence electrons. The number of allylic oxidation sites excluding steroid dienone is 2. The second-order valence-electron chi connectivity index (χ2n) is 9.16. The van der Waals surface area contributed by atoms with E-state index in [1.165, 1.54) is 70.4 Å². The Morgan fingerprint density at radius 2 is 1.36 bits per heavy atom. The molecule has 2 aromatic carbocycles. The molecule has 0 nitrogen and oxygen atoms in total. The van der Waals surface area contributed by atoms with E-state index in [-0.39, 0.29) is 0 Å². The van der Waals surface area contributed by atoms with Crippen molar-refractivity contribution in [2.75, 3.05) is 0 Å². The van der Waals surface area contributed by atoms with E-state index in [2.05, 4.69) is 104 Å². The Kier molecular flexibility index (Phi) is 10.2. The second kappa shape index (κ2) is 14.0. The van der Waals surface area contributed by atoms with Gasteiger partial charge in [-0.15, -0.1) is 17.3 Å². The molecule has 0 saturated heterocycles. The summed E-state index contributed by atoms with van der Waals surface area (Å²) in [6, 6.07) is 23.7. The van der Waals surface area contributed by atoms with Gasteiger partial charge in [0.1, 0.15) is 0 Å². The highest BCUT2D eigenvalue weighted by atomic mass is 32.2. The van der Waals surface area contributed by atoms with Crippen molar-refractivity contribution in [3.05, 3.63) is 111 Å². The normalized spacial score (nSPS) is 16.8. The molecule has 5 rings (SSSR count). The molecule has 0 spiro atoms. The standard InChI is InChI=1S/C34H30S5/c1-4-6-7-10-20-27-23-28(36-29(27)15-5-2)21-22-30-32(26-18-13-9-14-19-26)39-34(37-30)33-35-24(3)31(38-33)25-16-11-8-12-17-25/h8-9,11-14,16-19,23H,4,6-7,10,20H2,1-3H3/b34-33+. The number of hydrogen-bond acceptors (Lipinski definition) is 5. The van der Waals surface area contributed by atoms with Crippen LogP contribution in [0.3, 0.4) is 0 Å². The number of aryl methyl sites for hydroxylation is 1. The predicted octanol–water partition coefficient (Wildman–Crippen LogP) is 11.4. The first-order chi connectivity index (χ1) is 19.2. The first-order valence-electron chi connectivity index (χ1n) is 13.3. The number of rotatable bonds is 7. The van der Waals surface area contributed by atoms with Crippen molar-refractivity contribution in [3.8, 4) is 23.7 Å². The van der Waals surface area contributed by atoms with Crippen LogP contribution in [-0.4, -0.2) is 0 Å². The highest BCUT2D eigenvalue weighted by Gasteiger charge is 2.29. The highest BCUT2D eigenvalue weighted by Crippen LogP contribution is 2.63. The fourth-order valence-corrected chi connectivity index (χ4v) is 10.7. The number of hydrogen-bond donors (Lipinski definition) is 0. The summed E-state index contributed by atoms with van der Waals surface area (Å²) in [6.45, 7) is 6.41. The van der Waals surface area contributed by atoms with Gasteiger partial charge in [0, 0.05) is 14.7 Å². The van der Waals surface area contributed by atoms with Crippen LogP contribution in [0.4, 0.5) is 0 Å². The molecule has 0 fully saturated rings. The third-order valence-electron chi connectivity index (χ3n) is 6.24. The summed E-state index contributed by atoms with van der Waals surface area (Å²) in [6.07, 6.45) is 6.14. The van der Waals surface area contributed by atoms with Crippen LogP contribution < -0.4 is 0 Å². The maximum Gasteiger partial charge on any atom is 0.0813 e. The van der Waals surface area contributed by atoms with Gasteiger partial charge >= 0.3 is 0 Å². The van der Waals surface area contributed by atoms with Gasteiger partial charge in [0.25, 0.3) is 0 Å². The molecule has 3 heterocycles. The van der Waals surface area contributed by atoms with Gasteiger partial charge in [0.05, 0.1) is 23.1 Å². The van der Waals surface area contributed by atoms with Gasteiger partial charge < -0.3 is 0 Å². The van der Waals surface area contributed by atoms with Crippen LogP contribution in [0.15, 0.2) is 85.0 Å². The molecule has 39 heavy (non-hydrogen) atoms. The summed E-state index contributed by atoms with van der Waals surface area (Å²) in [5.41, 5.74) is 3.88. The zero-order valence-corrected chi connectivity index (χ0v) is 26.5. The molecule has 0 radical (unpaired) electrons. The molecule has 2 aliphatic heterocycles. The van der Waals surface area contributed by atoms with Crippen LogP contribution >= 0.6 is 58.4 Å². The van der Waals surface area contributed by atoms with E-state index in [0.717, 1.165) is 16.2 Å². The Bertz CT molecular complexity index is 1550. The third-order valence-corrected chi connectivity index (χ3v) is 13.0. The summed E-state index contributed by atoms with van der Waals surface area (Å²) in [5.74, 6) is 13.5. The minimum atomic E-state index is 1.09. The molecule has 5 heteroatoms. The van der Waals surface area contributed by atoms with Crippen LogP contribution in [0.25, 0.3) is 9.81 Å². The van der Waals surface area contributed by atoms with Gasteiger partial charge in [0.15, 0.2) is 0 Å². The maximum atomic E-state index is 3.58. The Hall–Kier alpha value is -2.12. The van der Waals surface area contributed by atoms with Crippen molar-refractivity contribution in [3.63, 3.8) is 0 Å². The quantitative estimate of drug-likeness (QED) is 0.196. The van der Waals surface area contributed by atoms with E-state index in [4.69, 9.17) is 0 Å². The van der Waals surface area contributed by atoms with Crippen LogP contribution in [0.1, 0.15) is 72.9 Å². The van der Waals surface area contributed by atoms with E-state index in [1.54, 1.807) is 11.3 Å². The van der Waals surface area contributed by atoms with Gasteiger partial charge in [0.2, 0.25) is 0 Å². The lowest BCUT2D eigenvalue weighted by molar-refractivity contribution is 0.667. The first-order valence-corrected chi connectivity index (χ1v) is 17.3. The molecule has 0 unspecified atom stereocenters. The first kappa shape index (κ1) is 28.4. The largest absolute Gasteiger partial charge is 0.118 e. The van der Waals surface area contributed by atoms with Crippen LogP contribution in [-0.2, 0) is 6.42 Å². The number of thioether (sulfide) groups is 4. The Labute approximate surface area is 254 Å². The number of benzene rings is 2. The van der Waals surface area contributed by atoms with Crippen molar-refractivity contribution in [1.82, 2.24) is 0 Å². The molecular formula is C34H30S5. The van der Waals surface area contributed by atoms with Crippen molar-refractivity contribution >= 4 is 68.2 Å². The summed E-state index contributed by atoms with van der Waals surface area (Å²) in [7, 11) is 0. The number of thiophene rings is 1. The van der Waals surface area contributed by atoms with E-state index in [1.807, 2.05) is 54.0 Å². The van der Waals surface area contributed by atoms with Crippen molar-refractivity contribution in [2.45, 2.75) is 52.9 Å². The van der Waals surface area contributed by atoms with Gasteiger partial charge in [-0.2, -0.15) is 0 Å². The zero-order valence-electron chi connectivity index (χ0n) is 22.4. The topological polar surface area (TPSA) is 0 Å². The Balaban J connectivity index is 1.42. The van der Waals surface area contributed by atoms with E-state index in [9.17, 15) is 0 Å². The van der Waals surface area contributed by atoms with Crippen LogP contribution in [0, 0.1) is 23.7 Å². The highest BCUT2D eigenvalue weighted by molar-refractivity contribution is 8.37. The fraction of sp³-hybridized carbons (Fsp3) is 0.235. The Morgan fingerprint density at radius 3 is 2.05 bits per heavy atom. The predicted molar refractivity (Wildman–Crippen MR) is 181 cm³/mol. The molecule has 0 amide bonds. The molecular weight excluding hydrogens is 569 g/mol. The van der Waals surface area contributed by atoms with E-state index >= 15 is 0 Å². The molecule has 3 aromatic rings. The van der Waals surface area contributed by atoms with Gasteiger partial charge in [-0.1, -0.05) is 152 Å². The van der Waals surface area contributed by atoms with Gasteiger partial charge in [-0.3, -0.25) is 0 Å². The smallest absolute Gasteiger partial charge is 0.0813 e. The minimum Gasteiger partial charge on any atom is -0.118 e. The average Bonchev–Trinajstić information content (AvgIpc) is 3.68. The van der Waals surface area contributed by atoms with E-state index in [0.29, 0.717) is 0 Å². The summed E-state index contributed by atoms with van der Waals surface area (Å²) in [4.78, 5) is 7.42. The fourth-order valence-electron chi connectivity index (χ4n) is 4.31. The lowest BCUT2D eigenvalue weighted by atomic mass is 10.1. The second-order valence-corrected chi connectivity index (χ2v) is 15.0. The monoisotopic (exact) mass is 598 g/mol. The summed E-state index contributed by atoms with van der Waals surface area (Å²) >= 11 is 9.23. The molecule has 1 aromatic heterocycles. The van der Waals surface area contributed by atoms with Crippen LogP contribution in [0.5, 0.6) is 0 Å². The average molecular weight is 599 g/mol.